The summed E-state index contributed by atoms with van der Waals surface area (Å²) in [6.45, 7) is 0. The average molecular weight is 661 g/mol. The van der Waals surface area contributed by atoms with E-state index in [-0.39, 0.29) is 16.7 Å². The standard InChI is InChI=1S/C34H28O14/c35-21-32(42,46-28(38)23-15-7-2-8-16-23)34(44,48-30(40)25-19-11-4-12-20-25)33(43,47-29(39)24-17-9-3-10-18-24)26(36)31(41)45-27(37)22-13-5-1-6-14-22/h1-21,26,31,36,41-44H/t26-,31?,32-,33+,34+/m1/s1. The molecule has 0 amide bonds. The zero-order valence-corrected chi connectivity index (χ0v) is 24.7. The fourth-order valence-corrected chi connectivity index (χ4v) is 4.23. The van der Waals surface area contributed by atoms with Crippen molar-refractivity contribution in [3.05, 3.63) is 144 Å². The Bertz CT molecular complexity index is 1740. The van der Waals surface area contributed by atoms with Crippen LogP contribution in [0.4, 0.5) is 0 Å². The Morgan fingerprint density at radius 2 is 0.854 bits per heavy atom. The molecule has 4 aromatic carbocycles. The van der Waals surface area contributed by atoms with E-state index in [9.17, 15) is 49.5 Å². The maximum Gasteiger partial charge on any atom is 0.354 e. The zero-order chi connectivity index (χ0) is 35.0. The number of esters is 4. The van der Waals surface area contributed by atoms with Gasteiger partial charge >= 0.3 is 41.2 Å². The Kier molecular flexibility index (Phi) is 10.8. The molecule has 0 aliphatic carbocycles. The van der Waals surface area contributed by atoms with Crippen LogP contribution in [0.5, 0.6) is 0 Å². The van der Waals surface area contributed by atoms with Gasteiger partial charge in [-0.15, -0.1) is 0 Å². The summed E-state index contributed by atoms with van der Waals surface area (Å²) in [6.07, 6.45) is -6.95. The highest BCUT2D eigenvalue weighted by Crippen LogP contribution is 2.41. The molecule has 248 valence electrons. The predicted molar refractivity (Wildman–Crippen MR) is 160 cm³/mol. The van der Waals surface area contributed by atoms with Crippen LogP contribution in [0.15, 0.2) is 121 Å². The van der Waals surface area contributed by atoms with E-state index in [2.05, 4.69) is 0 Å². The highest BCUT2D eigenvalue weighted by Gasteiger charge is 2.75. The molecule has 48 heavy (non-hydrogen) atoms. The zero-order valence-electron chi connectivity index (χ0n) is 24.7. The molecule has 1 unspecified atom stereocenters. The number of hydrogen-bond donors (Lipinski definition) is 5. The number of benzene rings is 4. The van der Waals surface area contributed by atoms with Crippen LogP contribution in [-0.4, -0.2) is 85.5 Å². The molecule has 0 radical (unpaired) electrons. The summed E-state index contributed by atoms with van der Waals surface area (Å²) in [5.41, 5.74) is -1.30. The van der Waals surface area contributed by atoms with Crippen LogP contribution >= 0.6 is 0 Å². The largest absolute Gasteiger partial charge is 0.429 e. The van der Waals surface area contributed by atoms with E-state index in [0.717, 1.165) is 36.4 Å². The summed E-state index contributed by atoms with van der Waals surface area (Å²) in [5, 5.41) is 57.5. The molecular formula is C34H28O14. The van der Waals surface area contributed by atoms with Crippen molar-refractivity contribution in [2.45, 2.75) is 29.8 Å². The van der Waals surface area contributed by atoms with Crippen molar-refractivity contribution in [3.8, 4) is 0 Å². The lowest BCUT2D eigenvalue weighted by molar-refractivity contribution is -0.451. The first-order valence-corrected chi connectivity index (χ1v) is 14.0. The molecule has 0 bridgehead atoms. The first-order valence-electron chi connectivity index (χ1n) is 14.0. The van der Waals surface area contributed by atoms with Gasteiger partial charge in [-0.05, 0) is 48.5 Å². The Balaban J connectivity index is 1.88. The quantitative estimate of drug-likeness (QED) is 0.0591. The van der Waals surface area contributed by atoms with Gasteiger partial charge in [0, 0.05) is 0 Å². The summed E-state index contributed by atoms with van der Waals surface area (Å²) in [6, 6.07) is 26.2. The van der Waals surface area contributed by atoms with Gasteiger partial charge in [0.25, 0.3) is 0 Å². The number of carbonyl (C=O) groups is 5. The number of carbonyl (C=O) groups excluding carboxylic acids is 5. The van der Waals surface area contributed by atoms with E-state index in [1.54, 1.807) is 6.07 Å². The minimum Gasteiger partial charge on any atom is -0.429 e. The van der Waals surface area contributed by atoms with Crippen LogP contribution in [0.25, 0.3) is 0 Å². The van der Waals surface area contributed by atoms with Crippen molar-refractivity contribution >= 4 is 30.2 Å². The van der Waals surface area contributed by atoms with Gasteiger partial charge in [-0.25, -0.2) is 19.2 Å². The molecule has 0 fully saturated rings. The number of ether oxygens (including phenoxy) is 4. The number of aliphatic hydroxyl groups excluding tert-OH is 2. The average Bonchev–Trinajstić information content (AvgIpc) is 3.12. The van der Waals surface area contributed by atoms with Crippen molar-refractivity contribution in [2.24, 2.45) is 0 Å². The Morgan fingerprint density at radius 1 is 0.521 bits per heavy atom. The molecule has 14 heteroatoms. The van der Waals surface area contributed by atoms with Gasteiger partial charge in [-0.1, -0.05) is 72.8 Å². The van der Waals surface area contributed by atoms with Crippen LogP contribution in [0, 0.1) is 0 Å². The molecule has 5 atom stereocenters. The molecule has 0 aliphatic heterocycles. The van der Waals surface area contributed by atoms with Crippen LogP contribution in [0.2, 0.25) is 0 Å². The Hall–Kier alpha value is -5.77. The minimum absolute atomic E-state index is 0.180. The summed E-state index contributed by atoms with van der Waals surface area (Å²) in [5.74, 6) is -19.3. The van der Waals surface area contributed by atoms with Crippen molar-refractivity contribution in [1.29, 1.82) is 0 Å². The molecule has 0 spiro atoms. The van der Waals surface area contributed by atoms with Gasteiger partial charge in [-0.3, -0.25) is 4.79 Å². The highest BCUT2D eigenvalue weighted by molar-refractivity contribution is 5.93. The van der Waals surface area contributed by atoms with E-state index < -0.39 is 65.5 Å². The van der Waals surface area contributed by atoms with E-state index in [4.69, 9.17) is 18.9 Å². The SMILES string of the molecule is O=C[C@@](O)(OC(=O)c1ccccc1)[C@](O)(OC(=O)c1ccccc1)[C@@](O)(OC(=O)c1ccccc1)[C@H](O)C(O)OC(=O)c1ccccc1. The summed E-state index contributed by atoms with van der Waals surface area (Å²) < 4.78 is 19.7. The molecular weight excluding hydrogens is 632 g/mol. The molecule has 0 aliphatic rings. The van der Waals surface area contributed by atoms with Gasteiger partial charge in [0.1, 0.15) is 0 Å². The number of aldehydes is 1. The third kappa shape index (κ3) is 7.28. The van der Waals surface area contributed by atoms with Crippen LogP contribution in [-0.2, 0) is 23.7 Å². The van der Waals surface area contributed by atoms with Gasteiger partial charge in [0.2, 0.25) is 6.29 Å². The molecule has 0 aromatic heterocycles. The lowest BCUT2D eigenvalue weighted by Gasteiger charge is -2.47. The normalized spacial score (nSPS) is 15.9. The summed E-state index contributed by atoms with van der Waals surface area (Å²) in [7, 11) is 0. The second kappa shape index (κ2) is 14.8. The van der Waals surface area contributed by atoms with Gasteiger partial charge in [-0.2, -0.15) is 0 Å². The van der Waals surface area contributed by atoms with Crippen LogP contribution in [0.3, 0.4) is 0 Å². The molecule has 14 nitrogen and oxygen atoms in total. The van der Waals surface area contributed by atoms with Crippen LogP contribution in [0.1, 0.15) is 41.4 Å². The maximum atomic E-state index is 13.3. The van der Waals surface area contributed by atoms with Crippen molar-refractivity contribution in [1.82, 2.24) is 0 Å². The van der Waals surface area contributed by atoms with Gasteiger partial charge in [0.05, 0.1) is 22.3 Å². The van der Waals surface area contributed by atoms with Crippen LogP contribution < -0.4 is 0 Å². The van der Waals surface area contributed by atoms with Gasteiger partial charge in [0.15, 0.2) is 12.4 Å². The van der Waals surface area contributed by atoms with E-state index in [1.165, 1.54) is 78.9 Å². The predicted octanol–water partition coefficient (Wildman–Crippen LogP) is 1.36. The first-order chi connectivity index (χ1) is 22.8. The number of hydrogen-bond acceptors (Lipinski definition) is 14. The second-order valence-corrected chi connectivity index (χ2v) is 10.0. The van der Waals surface area contributed by atoms with E-state index >= 15 is 0 Å². The van der Waals surface area contributed by atoms with Crippen molar-refractivity contribution in [2.75, 3.05) is 0 Å². The van der Waals surface area contributed by atoms with E-state index in [1.807, 2.05) is 0 Å². The van der Waals surface area contributed by atoms with Crippen molar-refractivity contribution < 1.29 is 68.5 Å². The number of aliphatic hydroxyl groups is 5. The monoisotopic (exact) mass is 660 g/mol. The Morgan fingerprint density at radius 3 is 1.23 bits per heavy atom. The lowest BCUT2D eigenvalue weighted by Crippen LogP contribution is -2.77. The third-order valence-electron chi connectivity index (χ3n) is 6.80. The molecule has 0 heterocycles. The molecule has 4 aromatic rings. The third-order valence-corrected chi connectivity index (χ3v) is 6.80. The molecule has 4 rings (SSSR count). The van der Waals surface area contributed by atoms with Gasteiger partial charge < -0.3 is 44.5 Å². The second-order valence-electron chi connectivity index (χ2n) is 10.0. The Labute approximate surface area is 271 Å². The molecule has 5 N–H and O–H groups in total. The smallest absolute Gasteiger partial charge is 0.354 e. The molecule has 0 saturated carbocycles. The number of rotatable bonds is 13. The first kappa shape index (κ1) is 35.1. The fraction of sp³-hybridized carbons (Fsp3) is 0.147. The molecule has 0 saturated heterocycles. The minimum atomic E-state index is -4.54. The van der Waals surface area contributed by atoms with E-state index in [0.29, 0.717) is 0 Å². The summed E-state index contributed by atoms with van der Waals surface area (Å²) >= 11 is 0. The lowest BCUT2D eigenvalue weighted by atomic mass is 9.90. The fourth-order valence-electron chi connectivity index (χ4n) is 4.23. The summed E-state index contributed by atoms with van der Waals surface area (Å²) in [4.78, 5) is 64.9. The maximum absolute atomic E-state index is 13.3. The topological polar surface area (TPSA) is 223 Å². The van der Waals surface area contributed by atoms with Crippen molar-refractivity contribution in [3.63, 3.8) is 0 Å². The highest BCUT2D eigenvalue weighted by atomic mass is 16.8.